The van der Waals surface area contributed by atoms with E-state index in [0.717, 1.165) is 27.5 Å². The molecule has 0 aliphatic heterocycles. The van der Waals surface area contributed by atoms with Gasteiger partial charge in [0.05, 0.1) is 23.4 Å². The van der Waals surface area contributed by atoms with Gasteiger partial charge in [-0.2, -0.15) is 15.3 Å². The van der Waals surface area contributed by atoms with E-state index >= 15 is 0 Å². The van der Waals surface area contributed by atoms with Crippen LogP contribution in [-0.2, 0) is 6.42 Å². The van der Waals surface area contributed by atoms with E-state index in [1.807, 2.05) is 60.7 Å². The summed E-state index contributed by atoms with van der Waals surface area (Å²) in [5, 5.41) is 24.4. The highest BCUT2D eigenvalue weighted by atomic mass is 15.2. The number of anilines is 4. The average molecular weight is 392 g/mol. The van der Waals surface area contributed by atoms with E-state index in [0.29, 0.717) is 29.7 Å². The first kappa shape index (κ1) is 17.6. The van der Waals surface area contributed by atoms with Gasteiger partial charge in [0.1, 0.15) is 11.6 Å². The minimum Gasteiger partial charge on any atom is -0.324 e. The predicted octanol–water partition coefficient (Wildman–Crippen LogP) is 4.45. The molecule has 0 saturated heterocycles. The molecule has 8 nitrogen and oxygen atoms in total. The number of H-pyrrole nitrogens is 1. The van der Waals surface area contributed by atoms with Gasteiger partial charge in [-0.05, 0) is 42.0 Å². The van der Waals surface area contributed by atoms with E-state index in [1.54, 1.807) is 6.20 Å². The maximum atomic E-state index is 8.82. The number of nitriles is 1. The van der Waals surface area contributed by atoms with Crippen molar-refractivity contribution in [3.63, 3.8) is 0 Å². The number of aromatic nitrogens is 5. The first-order valence-corrected chi connectivity index (χ1v) is 9.36. The van der Waals surface area contributed by atoms with E-state index in [9.17, 15) is 0 Å². The minimum absolute atomic E-state index is 0.383. The monoisotopic (exact) mass is 392 g/mol. The van der Waals surface area contributed by atoms with Crippen molar-refractivity contribution in [2.45, 2.75) is 6.42 Å². The SMILES string of the molecule is N#CCc1ccc(Nc2nc(Nc3[nH]nc4ncccc34)c3ccccc3n2)cc1. The molecule has 0 unspecified atom stereocenters. The summed E-state index contributed by atoms with van der Waals surface area (Å²) in [4.78, 5) is 13.6. The Hall–Kier alpha value is -4.51. The normalized spacial score (nSPS) is 10.8. The summed E-state index contributed by atoms with van der Waals surface area (Å²) < 4.78 is 0. The summed E-state index contributed by atoms with van der Waals surface area (Å²) in [6, 6.07) is 21.4. The van der Waals surface area contributed by atoms with Gasteiger partial charge in [-0.25, -0.2) is 9.97 Å². The highest BCUT2D eigenvalue weighted by molar-refractivity contribution is 5.95. The van der Waals surface area contributed by atoms with E-state index in [2.05, 4.69) is 41.9 Å². The van der Waals surface area contributed by atoms with Crippen LogP contribution >= 0.6 is 0 Å². The van der Waals surface area contributed by atoms with E-state index in [4.69, 9.17) is 5.26 Å². The molecule has 3 aromatic heterocycles. The number of nitrogens with zero attached hydrogens (tertiary/aromatic N) is 5. The fraction of sp³-hybridized carbons (Fsp3) is 0.0455. The Labute approximate surface area is 171 Å². The third-order valence-corrected chi connectivity index (χ3v) is 4.67. The maximum Gasteiger partial charge on any atom is 0.229 e. The molecule has 0 aliphatic rings. The Bertz CT molecular complexity index is 1380. The quantitative estimate of drug-likeness (QED) is 0.404. The molecule has 30 heavy (non-hydrogen) atoms. The summed E-state index contributed by atoms with van der Waals surface area (Å²) in [5.74, 6) is 1.83. The van der Waals surface area contributed by atoms with Gasteiger partial charge in [0, 0.05) is 17.3 Å². The van der Waals surface area contributed by atoms with Crippen molar-refractivity contribution in [2.75, 3.05) is 10.6 Å². The number of benzene rings is 2. The van der Waals surface area contributed by atoms with Crippen molar-refractivity contribution in [1.29, 1.82) is 5.26 Å². The molecule has 0 amide bonds. The zero-order valence-corrected chi connectivity index (χ0v) is 15.8. The highest BCUT2D eigenvalue weighted by Crippen LogP contribution is 2.28. The van der Waals surface area contributed by atoms with Gasteiger partial charge in [-0.15, -0.1) is 0 Å². The molecule has 0 saturated carbocycles. The molecule has 0 fully saturated rings. The van der Waals surface area contributed by atoms with Gasteiger partial charge in [-0.1, -0.05) is 24.3 Å². The molecule has 0 spiro atoms. The zero-order chi connectivity index (χ0) is 20.3. The minimum atomic E-state index is 0.383. The molecule has 0 radical (unpaired) electrons. The summed E-state index contributed by atoms with van der Waals surface area (Å²) in [6.45, 7) is 0. The molecule has 0 bridgehead atoms. The molecule has 3 heterocycles. The molecule has 144 valence electrons. The number of fused-ring (bicyclic) bond motifs is 2. The van der Waals surface area contributed by atoms with E-state index in [-0.39, 0.29) is 0 Å². The van der Waals surface area contributed by atoms with Gasteiger partial charge in [0.15, 0.2) is 5.65 Å². The maximum absolute atomic E-state index is 8.82. The molecule has 5 aromatic rings. The summed E-state index contributed by atoms with van der Waals surface area (Å²) >= 11 is 0. The van der Waals surface area contributed by atoms with Gasteiger partial charge >= 0.3 is 0 Å². The Kier molecular flexibility index (Phi) is 4.39. The Morgan fingerprint density at radius 2 is 1.73 bits per heavy atom. The number of aromatic amines is 1. The lowest BCUT2D eigenvalue weighted by molar-refractivity contribution is 1.09. The second kappa shape index (κ2) is 7.48. The van der Waals surface area contributed by atoms with Crippen LogP contribution in [0.15, 0.2) is 66.9 Å². The van der Waals surface area contributed by atoms with Crippen LogP contribution in [0.4, 0.5) is 23.3 Å². The molecular weight excluding hydrogens is 376 g/mol. The third kappa shape index (κ3) is 3.36. The number of rotatable bonds is 5. The highest BCUT2D eigenvalue weighted by Gasteiger charge is 2.12. The van der Waals surface area contributed by atoms with E-state index in [1.165, 1.54) is 0 Å². The topological polar surface area (TPSA) is 115 Å². The molecule has 5 rings (SSSR count). The summed E-state index contributed by atoms with van der Waals surface area (Å²) in [7, 11) is 0. The van der Waals surface area contributed by atoms with Crippen molar-refractivity contribution in [3.05, 3.63) is 72.4 Å². The van der Waals surface area contributed by atoms with Crippen molar-refractivity contribution < 1.29 is 0 Å². The first-order valence-electron chi connectivity index (χ1n) is 9.36. The van der Waals surface area contributed by atoms with Crippen molar-refractivity contribution in [2.24, 2.45) is 0 Å². The largest absolute Gasteiger partial charge is 0.324 e. The van der Waals surface area contributed by atoms with Gasteiger partial charge in [0.2, 0.25) is 5.95 Å². The lowest BCUT2D eigenvalue weighted by atomic mass is 10.1. The van der Waals surface area contributed by atoms with Crippen molar-refractivity contribution in [1.82, 2.24) is 25.1 Å². The first-order chi connectivity index (χ1) is 14.8. The lowest BCUT2D eigenvalue weighted by Gasteiger charge is -2.11. The number of pyridine rings is 1. The van der Waals surface area contributed by atoms with Crippen LogP contribution in [0, 0.1) is 11.3 Å². The van der Waals surface area contributed by atoms with E-state index < -0.39 is 0 Å². The molecule has 8 heteroatoms. The number of hydrogen-bond donors (Lipinski definition) is 3. The van der Waals surface area contributed by atoms with Gasteiger partial charge in [-0.3, -0.25) is 5.10 Å². The zero-order valence-electron chi connectivity index (χ0n) is 15.8. The van der Waals surface area contributed by atoms with Crippen LogP contribution in [0.3, 0.4) is 0 Å². The van der Waals surface area contributed by atoms with Crippen LogP contribution < -0.4 is 10.6 Å². The Morgan fingerprint density at radius 3 is 2.60 bits per heavy atom. The van der Waals surface area contributed by atoms with Crippen LogP contribution in [0.2, 0.25) is 0 Å². The molecule has 3 N–H and O–H groups in total. The van der Waals surface area contributed by atoms with Gasteiger partial charge in [0.25, 0.3) is 0 Å². The smallest absolute Gasteiger partial charge is 0.229 e. The van der Waals surface area contributed by atoms with Crippen LogP contribution in [-0.4, -0.2) is 25.1 Å². The van der Waals surface area contributed by atoms with Crippen LogP contribution in [0.5, 0.6) is 0 Å². The van der Waals surface area contributed by atoms with Crippen LogP contribution in [0.1, 0.15) is 5.56 Å². The van der Waals surface area contributed by atoms with Crippen molar-refractivity contribution in [3.8, 4) is 6.07 Å². The summed E-state index contributed by atoms with van der Waals surface area (Å²) in [6.07, 6.45) is 2.09. The lowest BCUT2D eigenvalue weighted by Crippen LogP contribution is -2.02. The van der Waals surface area contributed by atoms with Crippen LogP contribution in [0.25, 0.3) is 21.9 Å². The Morgan fingerprint density at radius 1 is 0.900 bits per heavy atom. The molecule has 2 aromatic carbocycles. The molecular formula is C22H16N8. The average Bonchev–Trinajstić information content (AvgIpc) is 3.18. The number of nitrogens with one attached hydrogen (secondary N) is 3. The second-order valence-electron chi connectivity index (χ2n) is 6.67. The summed E-state index contributed by atoms with van der Waals surface area (Å²) in [5.41, 5.74) is 3.24. The third-order valence-electron chi connectivity index (χ3n) is 4.67. The second-order valence-corrected chi connectivity index (χ2v) is 6.67. The molecule has 0 atom stereocenters. The standard InChI is InChI=1S/C22H16N8/c23-12-11-14-7-9-15(10-8-14)25-22-26-18-6-2-1-4-16(18)20(28-22)27-21-17-5-3-13-24-19(17)29-30-21/h1-10,13H,11H2,(H3,24,25,26,27,28,29,30). The fourth-order valence-corrected chi connectivity index (χ4v) is 3.22. The van der Waals surface area contributed by atoms with Gasteiger partial charge < -0.3 is 10.6 Å². The Balaban J connectivity index is 1.52. The predicted molar refractivity (Wildman–Crippen MR) is 116 cm³/mol. The van der Waals surface area contributed by atoms with Crippen molar-refractivity contribution >= 4 is 45.2 Å². The fourth-order valence-electron chi connectivity index (χ4n) is 3.22. The number of para-hydroxylation sites is 1. The number of hydrogen-bond acceptors (Lipinski definition) is 7. The molecule has 0 aliphatic carbocycles.